The average molecular weight is 342 g/mol. The van der Waals surface area contributed by atoms with Crippen molar-refractivity contribution in [3.63, 3.8) is 0 Å². The second-order valence-electron chi connectivity index (χ2n) is 6.43. The molecule has 0 aromatic heterocycles. The molecule has 0 aliphatic heterocycles. The van der Waals surface area contributed by atoms with Crippen LogP contribution in [0.4, 0.5) is 4.39 Å². The Morgan fingerprint density at radius 1 is 1.16 bits per heavy atom. The zero-order valence-corrected chi connectivity index (χ0v) is 14.3. The highest BCUT2D eigenvalue weighted by molar-refractivity contribution is 5.78. The van der Waals surface area contributed by atoms with E-state index >= 15 is 0 Å². The summed E-state index contributed by atoms with van der Waals surface area (Å²) >= 11 is 0. The van der Waals surface area contributed by atoms with Crippen molar-refractivity contribution >= 4 is 5.91 Å². The van der Waals surface area contributed by atoms with Gasteiger partial charge in [0.1, 0.15) is 11.6 Å². The second-order valence-corrected chi connectivity index (χ2v) is 6.43. The first kappa shape index (κ1) is 17.4. The van der Waals surface area contributed by atoms with E-state index in [0.29, 0.717) is 18.3 Å². The molecule has 0 unspecified atom stereocenters. The number of amides is 1. The van der Waals surface area contributed by atoms with Gasteiger partial charge in [0.15, 0.2) is 6.61 Å². The summed E-state index contributed by atoms with van der Waals surface area (Å²) in [6.45, 7) is 2.79. The molecule has 25 heavy (non-hydrogen) atoms. The maximum absolute atomic E-state index is 12.9. The molecule has 5 heteroatoms. The van der Waals surface area contributed by atoms with Gasteiger partial charge < -0.3 is 15.4 Å². The van der Waals surface area contributed by atoms with Crippen molar-refractivity contribution < 1.29 is 13.9 Å². The van der Waals surface area contributed by atoms with E-state index in [9.17, 15) is 9.18 Å². The lowest BCUT2D eigenvalue weighted by atomic mass is 10.1. The molecule has 132 valence electrons. The number of carbonyl (C=O) groups is 1. The van der Waals surface area contributed by atoms with Crippen molar-refractivity contribution in [3.05, 3.63) is 65.5 Å². The number of ether oxygens (including phenoxy) is 1. The summed E-state index contributed by atoms with van der Waals surface area (Å²) in [5.41, 5.74) is 2.16. The van der Waals surface area contributed by atoms with Crippen molar-refractivity contribution in [1.82, 2.24) is 10.6 Å². The fourth-order valence-corrected chi connectivity index (χ4v) is 2.49. The third kappa shape index (κ3) is 5.57. The van der Waals surface area contributed by atoms with Gasteiger partial charge in [-0.2, -0.15) is 0 Å². The van der Waals surface area contributed by atoms with Gasteiger partial charge in [-0.3, -0.25) is 4.79 Å². The van der Waals surface area contributed by atoms with Crippen LogP contribution in [-0.2, 0) is 11.3 Å². The molecule has 2 aromatic carbocycles. The molecule has 4 nitrogen and oxygen atoms in total. The topological polar surface area (TPSA) is 50.4 Å². The zero-order valence-electron chi connectivity index (χ0n) is 14.3. The maximum atomic E-state index is 12.9. The Morgan fingerprint density at radius 3 is 2.48 bits per heavy atom. The molecule has 1 atom stereocenters. The minimum absolute atomic E-state index is 0.0498. The predicted octanol–water partition coefficient (Wildman–Crippen LogP) is 3.33. The highest BCUT2D eigenvalue weighted by atomic mass is 19.1. The Balaban J connectivity index is 1.45. The number of halogens is 1. The van der Waals surface area contributed by atoms with E-state index in [1.807, 2.05) is 24.3 Å². The molecule has 0 spiro atoms. The van der Waals surface area contributed by atoms with Crippen molar-refractivity contribution in [2.75, 3.05) is 6.61 Å². The molecule has 2 N–H and O–H groups in total. The summed E-state index contributed by atoms with van der Waals surface area (Å²) in [5.74, 6) is 0.388. The Labute approximate surface area is 147 Å². The van der Waals surface area contributed by atoms with Gasteiger partial charge in [-0.15, -0.1) is 0 Å². The van der Waals surface area contributed by atoms with Crippen LogP contribution in [0, 0.1) is 5.82 Å². The highest BCUT2D eigenvalue weighted by Gasteiger charge is 2.23. The molecule has 1 aliphatic carbocycles. The average Bonchev–Trinajstić information content (AvgIpc) is 3.43. The summed E-state index contributed by atoms with van der Waals surface area (Å²) in [6.07, 6.45) is 2.15. The number of hydrogen-bond donors (Lipinski definition) is 2. The Morgan fingerprint density at radius 2 is 1.84 bits per heavy atom. The van der Waals surface area contributed by atoms with Crippen LogP contribution < -0.4 is 15.4 Å². The van der Waals surface area contributed by atoms with Crippen molar-refractivity contribution in [2.45, 2.75) is 38.4 Å². The summed E-state index contributed by atoms with van der Waals surface area (Å²) < 4.78 is 18.4. The monoisotopic (exact) mass is 342 g/mol. The van der Waals surface area contributed by atoms with Crippen LogP contribution in [-0.4, -0.2) is 18.6 Å². The zero-order chi connectivity index (χ0) is 17.6. The van der Waals surface area contributed by atoms with Crippen molar-refractivity contribution in [2.24, 2.45) is 0 Å². The molecule has 0 bridgehead atoms. The molecular formula is C20H23FN2O2. The van der Waals surface area contributed by atoms with E-state index in [-0.39, 0.29) is 24.4 Å². The standard InChI is InChI=1S/C20H23FN2O2/c1-14(22-12-15-2-6-17(21)7-3-15)16-4-10-19(11-5-16)25-13-20(24)23-18-8-9-18/h2-7,10-11,14,18,22H,8-9,12-13H2,1H3,(H,23,24)/t14-/m0/s1. The number of nitrogens with one attached hydrogen (secondary N) is 2. The van der Waals surface area contributed by atoms with Crippen molar-refractivity contribution in [1.29, 1.82) is 0 Å². The largest absolute Gasteiger partial charge is 0.484 e. The summed E-state index contributed by atoms with van der Waals surface area (Å²) in [4.78, 5) is 11.6. The first-order valence-corrected chi connectivity index (χ1v) is 8.60. The number of hydrogen-bond acceptors (Lipinski definition) is 3. The Hall–Kier alpha value is -2.40. The van der Waals surface area contributed by atoms with Gasteiger partial charge in [-0.05, 0) is 55.2 Å². The molecule has 0 radical (unpaired) electrons. The fraction of sp³-hybridized carbons (Fsp3) is 0.350. The molecule has 1 amide bonds. The molecule has 1 fully saturated rings. The van der Waals surface area contributed by atoms with Gasteiger partial charge in [0.2, 0.25) is 0 Å². The van der Waals surface area contributed by atoms with E-state index in [2.05, 4.69) is 17.6 Å². The van der Waals surface area contributed by atoms with Crippen LogP contribution in [0.5, 0.6) is 5.75 Å². The molecule has 0 heterocycles. The molecule has 2 aromatic rings. The van der Waals surface area contributed by atoms with Gasteiger partial charge in [-0.25, -0.2) is 4.39 Å². The van der Waals surface area contributed by atoms with E-state index in [1.54, 1.807) is 12.1 Å². The van der Waals surface area contributed by atoms with Gasteiger partial charge in [0.25, 0.3) is 5.91 Å². The van der Waals surface area contributed by atoms with Gasteiger partial charge in [-0.1, -0.05) is 24.3 Å². The molecule has 3 rings (SSSR count). The minimum Gasteiger partial charge on any atom is -0.484 e. The second kappa shape index (κ2) is 8.12. The summed E-state index contributed by atoms with van der Waals surface area (Å²) in [5, 5.41) is 6.30. The SMILES string of the molecule is C[C@H](NCc1ccc(F)cc1)c1ccc(OCC(=O)NC2CC2)cc1. The van der Waals surface area contributed by atoms with Crippen molar-refractivity contribution in [3.8, 4) is 5.75 Å². The quantitative estimate of drug-likeness (QED) is 0.774. The van der Waals surface area contributed by atoms with Crippen LogP contribution in [0.3, 0.4) is 0 Å². The number of benzene rings is 2. The summed E-state index contributed by atoms with van der Waals surface area (Å²) in [6, 6.07) is 14.7. The lowest BCUT2D eigenvalue weighted by Gasteiger charge is -2.15. The fourth-order valence-electron chi connectivity index (χ4n) is 2.49. The van der Waals surface area contributed by atoms with Crippen LogP contribution in [0.2, 0.25) is 0 Å². The van der Waals surface area contributed by atoms with E-state index in [1.165, 1.54) is 12.1 Å². The van der Waals surface area contributed by atoms with Crippen LogP contribution in [0.15, 0.2) is 48.5 Å². The third-order valence-corrected chi connectivity index (χ3v) is 4.22. The Bertz CT molecular complexity index is 697. The van der Waals surface area contributed by atoms with Gasteiger partial charge >= 0.3 is 0 Å². The van der Waals surface area contributed by atoms with E-state index in [0.717, 1.165) is 24.0 Å². The number of rotatable bonds is 8. The highest BCUT2D eigenvalue weighted by Crippen LogP contribution is 2.19. The number of carbonyl (C=O) groups excluding carboxylic acids is 1. The molecule has 1 saturated carbocycles. The molecule has 0 saturated heterocycles. The lowest BCUT2D eigenvalue weighted by Crippen LogP contribution is -2.30. The molecule has 1 aliphatic rings. The van der Waals surface area contributed by atoms with Crippen LogP contribution in [0.1, 0.15) is 36.9 Å². The summed E-state index contributed by atoms with van der Waals surface area (Å²) in [7, 11) is 0. The predicted molar refractivity (Wildman–Crippen MR) is 94.8 cm³/mol. The van der Waals surface area contributed by atoms with Crippen LogP contribution >= 0.6 is 0 Å². The smallest absolute Gasteiger partial charge is 0.258 e. The minimum atomic E-state index is -0.224. The first-order chi connectivity index (χ1) is 12.1. The normalized spacial score (nSPS) is 14.8. The van der Waals surface area contributed by atoms with E-state index < -0.39 is 0 Å². The van der Waals surface area contributed by atoms with Gasteiger partial charge in [0.05, 0.1) is 0 Å². The van der Waals surface area contributed by atoms with Gasteiger partial charge in [0, 0.05) is 18.6 Å². The first-order valence-electron chi connectivity index (χ1n) is 8.60. The molecular weight excluding hydrogens is 319 g/mol. The third-order valence-electron chi connectivity index (χ3n) is 4.22. The Kier molecular flexibility index (Phi) is 5.66. The lowest BCUT2D eigenvalue weighted by molar-refractivity contribution is -0.123. The maximum Gasteiger partial charge on any atom is 0.258 e. The van der Waals surface area contributed by atoms with Crippen LogP contribution in [0.25, 0.3) is 0 Å². The van der Waals surface area contributed by atoms with E-state index in [4.69, 9.17) is 4.74 Å².